The number of nitrogens with zero attached hydrogens (tertiary/aromatic N) is 4. The van der Waals surface area contributed by atoms with Crippen LogP contribution in [0.3, 0.4) is 0 Å². The van der Waals surface area contributed by atoms with Crippen LogP contribution in [0, 0.1) is 16.7 Å². The Morgan fingerprint density at radius 1 is 1.20 bits per heavy atom. The molecule has 41 heavy (non-hydrogen) atoms. The molecule has 0 radical (unpaired) electrons. The van der Waals surface area contributed by atoms with E-state index >= 15 is 0 Å². The molecular formula is C31H32ClFN8. The number of nitrogens with one attached hydrogen (secondary N) is 4. The summed E-state index contributed by atoms with van der Waals surface area (Å²) in [6, 6.07) is 13.8. The second-order valence-electron chi connectivity index (χ2n) is 12.0. The Hall–Kier alpha value is -4.13. The Morgan fingerprint density at radius 2 is 2.02 bits per heavy atom. The van der Waals surface area contributed by atoms with E-state index in [1.165, 1.54) is 0 Å². The highest BCUT2D eigenvalue weighted by molar-refractivity contribution is 6.35. The number of benzene rings is 2. The Balaban J connectivity index is 1.46. The summed E-state index contributed by atoms with van der Waals surface area (Å²) in [5.41, 5.74) is 10.2. The van der Waals surface area contributed by atoms with Gasteiger partial charge in [-0.05, 0) is 47.4 Å². The average molecular weight is 571 g/mol. The normalized spacial score (nSPS) is 16.7. The van der Waals surface area contributed by atoms with Crippen LogP contribution in [0.5, 0.6) is 0 Å². The zero-order chi connectivity index (χ0) is 28.8. The number of fused-ring (bicyclic) bond motifs is 2. The molecule has 0 amide bonds. The molecule has 3 heterocycles. The average Bonchev–Trinajstić information content (AvgIpc) is 3.61. The van der Waals surface area contributed by atoms with Crippen LogP contribution in [0.1, 0.15) is 50.8 Å². The van der Waals surface area contributed by atoms with Crippen LogP contribution in [0.2, 0.25) is 5.02 Å². The fourth-order valence-corrected chi connectivity index (χ4v) is 5.43. The largest absolute Gasteiger partial charge is 0.383 e. The molecule has 1 atom stereocenters. The number of aromatic nitrogens is 2. The van der Waals surface area contributed by atoms with Crippen LogP contribution in [-0.4, -0.2) is 33.7 Å². The van der Waals surface area contributed by atoms with Gasteiger partial charge in [-0.2, -0.15) is 5.26 Å². The lowest BCUT2D eigenvalue weighted by Crippen LogP contribution is -2.46. The lowest BCUT2D eigenvalue weighted by molar-refractivity contribution is 0.146. The second-order valence-corrected chi connectivity index (χ2v) is 12.4. The topological polar surface area (TPSA) is 101 Å². The van der Waals surface area contributed by atoms with E-state index in [2.05, 4.69) is 70.5 Å². The number of hydrogen-bond donors (Lipinski definition) is 4. The highest BCUT2D eigenvalue weighted by Gasteiger charge is 2.49. The molecule has 0 bridgehead atoms. The highest BCUT2D eigenvalue weighted by Crippen LogP contribution is 2.43. The van der Waals surface area contributed by atoms with Gasteiger partial charge >= 0.3 is 0 Å². The van der Waals surface area contributed by atoms with Gasteiger partial charge in [0.15, 0.2) is 0 Å². The van der Waals surface area contributed by atoms with E-state index < -0.39 is 12.2 Å². The van der Waals surface area contributed by atoms with Gasteiger partial charge in [0, 0.05) is 47.8 Å². The lowest BCUT2D eigenvalue weighted by atomic mass is 9.96. The minimum atomic E-state index is -0.515. The maximum Gasteiger partial charge on any atom is 0.114 e. The van der Waals surface area contributed by atoms with Crippen molar-refractivity contribution < 1.29 is 4.39 Å². The van der Waals surface area contributed by atoms with E-state index in [4.69, 9.17) is 11.6 Å². The molecule has 10 heteroatoms. The third-order valence-electron chi connectivity index (χ3n) is 7.67. The minimum absolute atomic E-state index is 0.00646. The fraction of sp³-hybridized carbons (Fsp3) is 0.323. The van der Waals surface area contributed by atoms with Crippen molar-refractivity contribution in [2.45, 2.75) is 45.2 Å². The zero-order valence-electron chi connectivity index (χ0n) is 23.2. The van der Waals surface area contributed by atoms with Crippen LogP contribution in [0.15, 0.2) is 66.9 Å². The summed E-state index contributed by atoms with van der Waals surface area (Å²) in [4.78, 5) is 8.88. The molecule has 0 unspecified atom stereocenters. The number of nitriles is 1. The van der Waals surface area contributed by atoms with Gasteiger partial charge in [0.1, 0.15) is 12.7 Å². The van der Waals surface area contributed by atoms with Crippen LogP contribution in [0.25, 0.3) is 21.7 Å². The van der Waals surface area contributed by atoms with Gasteiger partial charge in [-0.25, -0.2) is 4.39 Å². The molecular weight excluding hydrogens is 539 g/mol. The molecule has 8 nitrogen and oxygen atoms in total. The molecule has 4 aromatic rings. The van der Waals surface area contributed by atoms with Gasteiger partial charge in [0.25, 0.3) is 0 Å². The van der Waals surface area contributed by atoms with Gasteiger partial charge in [-0.3, -0.25) is 15.0 Å². The van der Waals surface area contributed by atoms with Crippen molar-refractivity contribution in [3.8, 4) is 6.07 Å². The summed E-state index contributed by atoms with van der Waals surface area (Å²) in [5.74, 6) is 0. The van der Waals surface area contributed by atoms with Crippen molar-refractivity contribution in [1.29, 1.82) is 5.26 Å². The molecule has 0 spiro atoms. The predicted molar refractivity (Wildman–Crippen MR) is 162 cm³/mol. The molecule has 210 valence electrons. The summed E-state index contributed by atoms with van der Waals surface area (Å²) < 4.78 is 13.9. The third kappa shape index (κ3) is 5.21. The molecule has 2 aliphatic rings. The Kier molecular flexibility index (Phi) is 6.84. The van der Waals surface area contributed by atoms with Crippen molar-refractivity contribution in [3.63, 3.8) is 0 Å². The number of anilines is 2. The van der Waals surface area contributed by atoms with Gasteiger partial charge in [-0.15, -0.1) is 5.53 Å². The summed E-state index contributed by atoms with van der Waals surface area (Å²) in [6.07, 6.45) is 8.71. The lowest BCUT2D eigenvalue weighted by Gasteiger charge is -2.24. The zero-order valence-corrected chi connectivity index (χ0v) is 24.0. The number of hydrazine groups is 2. The number of rotatable bonds is 8. The number of hydrogen-bond acceptors (Lipinski definition) is 8. The van der Waals surface area contributed by atoms with E-state index in [1.807, 2.05) is 41.7 Å². The highest BCUT2D eigenvalue weighted by atomic mass is 35.5. The van der Waals surface area contributed by atoms with E-state index in [0.717, 1.165) is 45.9 Å². The van der Waals surface area contributed by atoms with Crippen LogP contribution < -0.4 is 21.6 Å². The molecule has 2 aromatic carbocycles. The molecule has 4 N–H and O–H groups in total. The van der Waals surface area contributed by atoms with E-state index in [0.29, 0.717) is 28.3 Å². The Bertz CT molecular complexity index is 1700. The number of halogens is 2. The van der Waals surface area contributed by atoms with E-state index in [1.54, 1.807) is 12.4 Å². The third-order valence-corrected chi connectivity index (χ3v) is 7.96. The van der Waals surface area contributed by atoms with Crippen molar-refractivity contribution in [3.05, 3.63) is 83.0 Å². The first-order valence-electron chi connectivity index (χ1n) is 13.7. The molecule has 2 aromatic heterocycles. The van der Waals surface area contributed by atoms with Crippen molar-refractivity contribution in [1.82, 2.24) is 25.9 Å². The first-order valence-corrected chi connectivity index (χ1v) is 14.0. The van der Waals surface area contributed by atoms with Crippen molar-refractivity contribution in [2.24, 2.45) is 5.41 Å². The minimum Gasteiger partial charge on any atom is -0.383 e. The monoisotopic (exact) mass is 570 g/mol. The van der Waals surface area contributed by atoms with Crippen molar-refractivity contribution in [2.75, 3.05) is 23.9 Å². The molecule has 0 saturated heterocycles. The first kappa shape index (κ1) is 27.1. The maximum atomic E-state index is 13.9. The van der Waals surface area contributed by atoms with E-state index in [-0.39, 0.29) is 11.5 Å². The molecule has 1 aliphatic heterocycles. The molecule has 6 rings (SSSR count). The van der Waals surface area contributed by atoms with Crippen LogP contribution >= 0.6 is 11.6 Å². The Morgan fingerprint density at radius 3 is 2.76 bits per heavy atom. The quantitative estimate of drug-likeness (QED) is 0.188. The molecule has 1 aliphatic carbocycles. The predicted octanol–water partition coefficient (Wildman–Crippen LogP) is 6.59. The number of alkyl halides is 1. The molecule has 1 saturated carbocycles. The first-order chi connectivity index (χ1) is 19.7. The number of pyridine rings is 2. The summed E-state index contributed by atoms with van der Waals surface area (Å²) in [6.45, 7) is 6.63. The van der Waals surface area contributed by atoms with Crippen LogP contribution in [-0.2, 0) is 0 Å². The van der Waals surface area contributed by atoms with Gasteiger partial charge in [0.2, 0.25) is 0 Å². The fourth-order valence-electron chi connectivity index (χ4n) is 5.16. The second kappa shape index (κ2) is 10.4. The van der Waals surface area contributed by atoms with Gasteiger partial charge in [0.05, 0.1) is 39.1 Å². The SMILES string of the molecule is CC(C)(C)CNc1c(C#N)cnc2c(Cl)cc(N[C@H](C3=CN(C4(CF)CC4)NN3)c3cccc4ccncc34)cc12. The maximum absolute atomic E-state index is 13.9. The summed E-state index contributed by atoms with van der Waals surface area (Å²) in [5, 5.41) is 22.1. The summed E-state index contributed by atoms with van der Waals surface area (Å²) in [7, 11) is 0. The van der Waals surface area contributed by atoms with Gasteiger partial charge in [-0.1, -0.05) is 50.6 Å². The Labute approximate surface area is 243 Å². The standard InChI is InChI=1S/C31H32ClFN8/c1-30(2,3)18-37-27-20(13-34)14-36-28-23(27)11-21(12-25(28)32)38-29(22-6-4-5-19-7-10-35-15-24(19)22)26-16-41(40-39-26)31(17-33)8-9-31/h4-7,10-12,14-16,29,38-40H,8-9,17-18H2,1-3H3,(H,36,37)/t29-/m0/s1. The van der Waals surface area contributed by atoms with Crippen LogP contribution in [0.4, 0.5) is 15.8 Å². The smallest absolute Gasteiger partial charge is 0.114 e. The van der Waals surface area contributed by atoms with E-state index in [9.17, 15) is 9.65 Å². The van der Waals surface area contributed by atoms with Crippen molar-refractivity contribution >= 4 is 44.7 Å². The molecule has 1 fully saturated rings. The summed E-state index contributed by atoms with van der Waals surface area (Å²) >= 11 is 6.80. The van der Waals surface area contributed by atoms with Gasteiger partial charge < -0.3 is 16.1 Å².